The fourth-order valence-electron chi connectivity index (χ4n) is 4.17. The van der Waals surface area contributed by atoms with E-state index in [4.69, 9.17) is 0 Å². The molecule has 2 unspecified atom stereocenters. The van der Waals surface area contributed by atoms with Crippen LogP contribution in [-0.4, -0.2) is 46.7 Å². The summed E-state index contributed by atoms with van der Waals surface area (Å²) in [6.07, 6.45) is 19.9. The summed E-state index contributed by atoms with van der Waals surface area (Å²) in [5.74, 6) is 0. The lowest BCUT2D eigenvalue weighted by Crippen LogP contribution is -2.50. The van der Waals surface area contributed by atoms with E-state index in [1.165, 1.54) is 89.9 Å². The van der Waals surface area contributed by atoms with Crippen LogP contribution in [-0.2, 0) is 0 Å². The first-order valence-electron chi connectivity index (χ1n) is 12.3. The number of hydrogen-bond acceptors (Lipinski definition) is 3. The summed E-state index contributed by atoms with van der Waals surface area (Å²) in [5.41, 5.74) is 0. The minimum Gasteiger partial charge on any atom is -0.633 e. The predicted molar refractivity (Wildman–Crippen MR) is 121 cm³/mol. The zero-order valence-electron chi connectivity index (χ0n) is 19.3. The molecule has 0 aromatic heterocycles. The van der Waals surface area contributed by atoms with Crippen LogP contribution in [0.1, 0.15) is 124 Å². The first-order valence-corrected chi connectivity index (χ1v) is 12.3. The summed E-state index contributed by atoms with van der Waals surface area (Å²) in [7, 11) is 0. The van der Waals surface area contributed by atoms with Crippen molar-refractivity contribution < 1.29 is 14.9 Å². The lowest BCUT2D eigenvalue weighted by Gasteiger charge is -2.44. The number of unbranched alkanes of at least 4 members (excludes halogenated alkanes) is 15. The van der Waals surface area contributed by atoms with Gasteiger partial charge in [0.25, 0.3) is 0 Å². The molecule has 170 valence electrons. The third-order valence-corrected chi connectivity index (χ3v) is 5.61. The smallest absolute Gasteiger partial charge is 0.104 e. The van der Waals surface area contributed by atoms with Crippen molar-refractivity contribution in [2.45, 2.75) is 136 Å². The molecular weight excluding hydrogens is 350 g/mol. The second-order valence-electron chi connectivity index (χ2n) is 9.15. The average Bonchev–Trinajstić information content (AvgIpc) is 2.60. The maximum atomic E-state index is 12.7. The van der Waals surface area contributed by atoms with Crippen LogP contribution in [0, 0.1) is 5.21 Å². The van der Waals surface area contributed by atoms with Crippen LogP contribution in [0.3, 0.4) is 0 Å². The first-order chi connectivity index (χ1) is 13.4. The number of hydrogen-bond donors (Lipinski definition) is 2. The summed E-state index contributed by atoms with van der Waals surface area (Å²) >= 11 is 0. The Bertz CT molecular complexity index is 311. The maximum absolute atomic E-state index is 12.7. The molecule has 4 heteroatoms. The van der Waals surface area contributed by atoms with Crippen LogP contribution < -0.4 is 0 Å². The van der Waals surface area contributed by atoms with Gasteiger partial charge in [0.1, 0.15) is 25.3 Å². The van der Waals surface area contributed by atoms with Crippen LogP contribution in [0.25, 0.3) is 0 Å². The van der Waals surface area contributed by atoms with Crippen molar-refractivity contribution in [1.29, 1.82) is 0 Å². The number of quaternary nitrogens is 1. The zero-order valence-corrected chi connectivity index (χ0v) is 19.3. The van der Waals surface area contributed by atoms with E-state index in [1.807, 2.05) is 0 Å². The van der Waals surface area contributed by atoms with Gasteiger partial charge in [0, 0.05) is 0 Å². The topological polar surface area (TPSA) is 63.5 Å². The molecule has 0 amide bonds. The molecule has 0 saturated heterocycles. The minimum atomic E-state index is -0.614. The van der Waals surface area contributed by atoms with Crippen molar-refractivity contribution in [2.24, 2.45) is 0 Å². The van der Waals surface area contributed by atoms with Gasteiger partial charge in [0.15, 0.2) is 0 Å². The molecule has 0 saturated carbocycles. The highest BCUT2D eigenvalue weighted by Crippen LogP contribution is 2.15. The third-order valence-electron chi connectivity index (χ3n) is 5.61. The highest BCUT2D eigenvalue weighted by atomic mass is 16.5. The Hall–Kier alpha value is -0.160. The largest absolute Gasteiger partial charge is 0.633 e. The molecule has 28 heavy (non-hydrogen) atoms. The van der Waals surface area contributed by atoms with E-state index in [-0.39, 0.29) is 13.1 Å². The summed E-state index contributed by atoms with van der Waals surface area (Å²) in [6, 6.07) is 0. The van der Waals surface area contributed by atoms with Crippen LogP contribution in [0.15, 0.2) is 0 Å². The Morgan fingerprint density at radius 3 is 1.14 bits per heavy atom. The molecule has 0 aromatic carbocycles. The van der Waals surface area contributed by atoms with Gasteiger partial charge in [-0.15, -0.1) is 0 Å². The molecular formula is C24H51NO3. The van der Waals surface area contributed by atoms with Gasteiger partial charge in [-0.25, -0.2) is 0 Å². The monoisotopic (exact) mass is 401 g/mol. The van der Waals surface area contributed by atoms with E-state index >= 15 is 0 Å². The first kappa shape index (κ1) is 27.8. The molecule has 0 spiro atoms. The van der Waals surface area contributed by atoms with E-state index in [9.17, 15) is 15.4 Å². The van der Waals surface area contributed by atoms with Gasteiger partial charge in [-0.1, -0.05) is 96.8 Å². The maximum Gasteiger partial charge on any atom is 0.104 e. The Labute approximate surface area is 175 Å². The summed E-state index contributed by atoms with van der Waals surface area (Å²) in [6.45, 7) is 6.46. The van der Waals surface area contributed by atoms with Gasteiger partial charge >= 0.3 is 0 Å². The molecule has 2 N–H and O–H groups in total. The molecule has 0 rings (SSSR count). The van der Waals surface area contributed by atoms with Crippen molar-refractivity contribution >= 4 is 0 Å². The van der Waals surface area contributed by atoms with Gasteiger partial charge in [-0.3, -0.25) is 0 Å². The molecule has 0 radical (unpaired) electrons. The van der Waals surface area contributed by atoms with Gasteiger partial charge < -0.3 is 20.1 Å². The summed E-state index contributed by atoms with van der Waals surface area (Å²) in [4.78, 5) is 0. The van der Waals surface area contributed by atoms with E-state index in [1.54, 1.807) is 13.8 Å². The molecule has 0 bridgehead atoms. The molecule has 2 atom stereocenters. The predicted octanol–water partition coefficient (Wildman–Crippen LogP) is 6.32. The van der Waals surface area contributed by atoms with Gasteiger partial charge in [-0.2, -0.15) is 0 Å². The third kappa shape index (κ3) is 19.2. The standard InChI is InChI=1S/C24H51NO3/c1-4-5-6-7-8-9-10-11-12-13-14-15-16-17-18-19-20-25(28,21-23(2)26)22-24(3)27/h23-24,26-27H,4-22H2,1-3H3. The van der Waals surface area contributed by atoms with Gasteiger partial charge in [-0.05, 0) is 26.7 Å². The Kier molecular flexibility index (Phi) is 18.7. The Balaban J connectivity index is 3.44. The number of nitrogens with zero attached hydrogens (tertiary/aromatic N) is 1. The molecule has 0 heterocycles. The fourth-order valence-corrected chi connectivity index (χ4v) is 4.17. The summed E-state index contributed by atoms with van der Waals surface area (Å²) < 4.78 is -0.464. The van der Waals surface area contributed by atoms with Gasteiger partial charge in [0.05, 0.1) is 6.54 Å². The van der Waals surface area contributed by atoms with Crippen molar-refractivity contribution in [3.8, 4) is 0 Å². The van der Waals surface area contributed by atoms with Crippen LogP contribution in [0.4, 0.5) is 0 Å². The molecule has 4 nitrogen and oxygen atoms in total. The molecule has 0 aliphatic heterocycles. The second-order valence-corrected chi connectivity index (χ2v) is 9.15. The highest BCUT2D eigenvalue weighted by molar-refractivity contribution is 4.56. The minimum absolute atomic E-state index is 0.184. The van der Waals surface area contributed by atoms with Crippen molar-refractivity contribution in [3.63, 3.8) is 0 Å². The van der Waals surface area contributed by atoms with Crippen LogP contribution in [0.5, 0.6) is 0 Å². The number of hydroxylamine groups is 3. The quantitative estimate of drug-likeness (QED) is 0.134. The Morgan fingerprint density at radius 2 is 0.857 bits per heavy atom. The molecule has 0 aliphatic rings. The van der Waals surface area contributed by atoms with E-state index in [0.717, 1.165) is 12.8 Å². The van der Waals surface area contributed by atoms with Crippen molar-refractivity contribution in [1.82, 2.24) is 0 Å². The SMILES string of the molecule is CCCCCCCCCCCCCCCCCC[N+]([O-])(CC(C)O)CC(C)O. The van der Waals surface area contributed by atoms with E-state index in [0.29, 0.717) is 6.54 Å². The lowest BCUT2D eigenvalue weighted by atomic mass is 10.0. The zero-order chi connectivity index (χ0) is 21.1. The number of rotatable bonds is 21. The normalized spacial score (nSPS) is 16.1. The van der Waals surface area contributed by atoms with Crippen molar-refractivity contribution in [2.75, 3.05) is 19.6 Å². The summed E-state index contributed by atoms with van der Waals surface area (Å²) in [5, 5.41) is 31.8. The molecule has 0 fully saturated rings. The molecule has 0 aliphatic carbocycles. The number of aliphatic hydroxyl groups is 2. The van der Waals surface area contributed by atoms with Crippen LogP contribution in [0.2, 0.25) is 0 Å². The lowest BCUT2D eigenvalue weighted by molar-refractivity contribution is -0.886. The van der Waals surface area contributed by atoms with Crippen molar-refractivity contribution in [3.05, 3.63) is 5.21 Å². The Morgan fingerprint density at radius 1 is 0.571 bits per heavy atom. The van der Waals surface area contributed by atoms with Gasteiger partial charge in [0.2, 0.25) is 0 Å². The highest BCUT2D eigenvalue weighted by Gasteiger charge is 2.21. The van der Waals surface area contributed by atoms with Crippen LogP contribution >= 0.6 is 0 Å². The fraction of sp³-hybridized carbons (Fsp3) is 1.00. The molecule has 0 aromatic rings. The average molecular weight is 402 g/mol. The van der Waals surface area contributed by atoms with E-state index in [2.05, 4.69) is 6.92 Å². The second kappa shape index (κ2) is 18.8. The van der Waals surface area contributed by atoms with E-state index < -0.39 is 16.9 Å². The number of aliphatic hydroxyl groups excluding tert-OH is 2.